The Morgan fingerprint density at radius 2 is 1.30 bits per heavy atom. The second kappa shape index (κ2) is 12.5. The zero-order valence-electron chi connectivity index (χ0n) is 24.7. The minimum absolute atomic E-state index is 0.0221. The highest BCUT2D eigenvalue weighted by Gasteiger charge is 2.50. The van der Waals surface area contributed by atoms with Gasteiger partial charge in [0.25, 0.3) is 8.32 Å². The summed E-state index contributed by atoms with van der Waals surface area (Å²) >= 11 is 0. The predicted octanol–water partition coefficient (Wildman–Crippen LogP) is 7.82. The van der Waals surface area contributed by atoms with Crippen molar-refractivity contribution in [1.29, 1.82) is 0 Å². The Balaban J connectivity index is 1.78. The van der Waals surface area contributed by atoms with Crippen LogP contribution in [0.15, 0.2) is 73.0 Å². The van der Waals surface area contributed by atoms with Crippen LogP contribution in [-0.4, -0.2) is 35.4 Å². The molecule has 0 spiro atoms. The van der Waals surface area contributed by atoms with Crippen LogP contribution in [0.3, 0.4) is 0 Å². The second-order valence-electron chi connectivity index (χ2n) is 12.6. The molecular weight excluding hydrogens is 489 g/mol. The summed E-state index contributed by atoms with van der Waals surface area (Å²) in [6, 6.07) is 21.7. The summed E-state index contributed by atoms with van der Waals surface area (Å²) in [5, 5.41) is 2.62. The van der Waals surface area contributed by atoms with Crippen LogP contribution in [0.4, 0.5) is 0 Å². The van der Waals surface area contributed by atoms with Crippen molar-refractivity contribution in [3.05, 3.63) is 73.0 Å². The van der Waals surface area contributed by atoms with Gasteiger partial charge in [0.1, 0.15) is 6.10 Å². The number of hydrogen-bond acceptors (Lipinski definition) is 3. The lowest BCUT2D eigenvalue weighted by molar-refractivity contribution is 0.0514. The zero-order valence-corrected chi connectivity index (χ0v) is 26.7. The number of ether oxygens (including phenoxy) is 1. The standard InChI is InChI=1S/C32H50O3Si2/c1-25(2)36(26(3)4,27(5)6)35-29-20-22-33-28(24-29)21-23-34-37(32(7,8)9,30-16-12-10-13-17-30)31-18-14-11-15-19-31/h10-20,22,25-29H,21,23-24H2,1-9H3/t28-,29-/m1/s1. The number of rotatable bonds is 11. The molecule has 0 amide bonds. The monoisotopic (exact) mass is 538 g/mol. The van der Waals surface area contributed by atoms with Crippen LogP contribution in [-0.2, 0) is 13.6 Å². The maximum atomic E-state index is 7.12. The first-order valence-electron chi connectivity index (χ1n) is 14.2. The van der Waals surface area contributed by atoms with E-state index in [-0.39, 0.29) is 17.2 Å². The summed E-state index contributed by atoms with van der Waals surface area (Å²) in [6.45, 7) is 21.8. The topological polar surface area (TPSA) is 27.7 Å². The van der Waals surface area contributed by atoms with E-state index < -0.39 is 16.6 Å². The van der Waals surface area contributed by atoms with Crippen molar-refractivity contribution in [3.63, 3.8) is 0 Å². The first-order valence-corrected chi connectivity index (χ1v) is 18.2. The molecule has 2 aromatic carbocycles. The van der Waals surface area contributed by atoms with Crippen LogP contribution in [0, 0.1) is 0 Å². The summed E-state index contributed by atoms with van der Waals surface area (Å²) in [5.41, 5.74) is 1.71. The van der Waals surface area contributed by atoms with Crippen LogP contribution < -0.4 is 10.4 Å². The average molecular weight is 539 g/mol. The normalized spacial score (nSPS) is 19.0. The molecule has 3 nitrogen and oxygen atoms in total. The molecule has 37 heavy (non-hydrogen) atoms. The molecule has 1 aliphatic rings. The molecule has 3 rings (SSSR count). The van der Waals surface area contributed by atoms with Gasteiger partial charge in [-0.1, -0.05) is 123 Å². The van der Waals surface area contributed by atoms with Gasteiger partial charge in [0.15, 0.2) is 0 Å². The van der Waals surface area contributed by atoms with Gasteiger partial charge >= 0.3 is 0 Å². The quantitative estimate of drug-likeness (QED) is 0.273. The van der Waals surface area contributed by atoms with Gasteiger partial charge in [0, 0.05) is 19.4 Å². The van der Waals surface area contributed by atoms with Gasteiger partial charge in [-0.05, 0) is 38.1 Å². The Bertz CT molecular complexity index is 919. The van der Waals surface area contributed by atoms with Crippen molar-refractivity contribution in [2.75, 3.05) is 6.61 Å². The fraction of sp³-hybridized carbons (Fsp3) is 0.562. The van der Waals surface area contributed by atoms with E-state index in [1.54, 1.807) is 0 Å². The van der Waals surface area contributed by atoms with Crippen LogP contribution in [0.1, 0.15) is 75.2 Å². The summed E-state index contributed by atoms with van der Waals surface area (Å²) in [6.07, 6.45) is 5.98. The van der Waals surface area contributed by atoms with Crippen molar-refractivity contribution >= 4 is 27.0 Å². The van der Waals surface area contributed by atoms with Crippen molar-refractivity contribution in [3.8, 4) is 0 Å². The summed E-state index contributed by atoms with van der Waals surface area (Å²) < 4.78 is 20.3. The van der Waals surface area contributed by atoms with E-state index in [1.807, 2.05) is 6.26 Å². The predicted molar refractivity (Wildman–Crippen MR) is 163 cm³/mol. The molecule has 0 bridgehead atoms. The Hall–Kier alpha value is -1.67. The molecule has 1 aliphatic heterocycles. The molecular formula is C32H50O3Si2. The molecule has 1 heterocycles. The van der Waals surface area contributed by atoms with Gasteiger partial charge in [-0.15, -0.1) is 0 Å². The third kappa shape index (κ3) is 6.32. The first-order chi connectivity index (χ1) is 17.4. The molecule has 5 heteroatoms. The van der Waals surface area contributed by atoms with E-state index in [0.29, 0.717) is 23.2 Å². The Morgan fingerprint density at radius 3 is 1.73 bits per heavy atom. The maximum Gasteiger partial charge on any atom is 0.261 e. The lowest BCUT2D eigenvalue weighted by Gasteiger charge is -2.45. The summed E-state index contributed by atoms with van der Waals surface area (Å²) in [7, 11) is -4.48. The number of hydrogen-bond donors (Lipinski definition) is 0. The SMILES string of the molecule is CC(C)[Si](O[C@@H]1C=CO[C@H](CCO[Si](c2ccccc2)(c2ccccc2)C(C)(C)C)C1)(C(C)C)C(C)C. The largest absolute Gasteiger partial charge is 0.498 e. The van der Waals surface area contributed by atoms with Crippen LogP contribution in [0.5, 0.6) is 0 Å². The third-order valence-corrected chi connectivity index (χ3v) is 19.5. The van der Waals surface area contributed by atoms with E-state index in [4.69, 9.17) is 13.6 Å². The molecule has 0 aliphatic carbocycles. The van der Waals surface area contributed by atoms with Crippen molar-refractivity contribution in [2.24, 2.45) is 0 Å². The Morgan fingerprint density at radius 1 is 0.811 bits per heavy atom. The highest BCUT2D eigenvalue weighted by molar-refractivity contribution is 6.99. The van der Waals surface area contributed by atoms with Crippen molar-refractivity contribution < 1.29 is 13.6 Å². The third-order valence-electron chi connectivity index (χ3n) is 8.30. The molecule has 2 aromatic rings. The van der Waals surface area contributed by atoms with E-state index in [2.05, 4.69) is 129 Å². The molecule has 0 saturated heterocycles. The van der Waals surface area contributed by atoms with Gasteiger partial charge in [-0.3, -0.25) is 0 Å². The lowest BCUT2D eigenvalue weighted by Crippen LogP contribution is -2.66. The molecule has 0 saturated carbocycles. The average Bonchev–Trinajstić information content (AvgIpc) is 2.85. The van der Waals surface area contributed by atoms with Crippen LogP contribution >= 0.6 is 0 Å². The molecule has 0 unspecified atom stereocenters. The van der Waals surface area contributed by atoms with Crippen molar-refractivity contribution in [2.45, 2.75) is 109 Å². The Labute approximate surface area is 228 Å². The smallest absolute Gasteiger partial charge is 0.261 e. The minimum atomic E-state index is -2.53. The highest BCUT2D eigenvalue weighted by atomic mass is 28.4. The second-order valence-corrected chi connectivity index (χ2v) is 22.3. The molecule has 2 atom stereocenters. The van der Waals surface area contributed by atoms with E-state index in [9.17, 15) is 0 Å². The molecule has 0 radical (unpaired) electrons. The molecule has 0 aromatic heterocycles. The van der Waals surface area contributed by atoms with Crippen molar-refractivity contribution in [1.82, 2.24) is 0 Å². The summed E-state index contributed by atoms with van der Waals surface area (Å²) in [4.78, 5) is 0. The lowest BCUT2D eigenvalue weighted by atomic mass is 10.1. The summed E-state index contributed by atoms with van der Waals surface area (Å²) in [5.74, 6) is 0. The minimum Gasteiger partial charge on any atom is -0.498 e. The molecule has 0 N–H and O–H groups in total. The van der Waals surface area contributed by atoms with E-state index in [0.717, 1.165) is 12.8 Å². The highest BCUT2D eigenvalue weighted by Crippen LogP contribution is 2.44. The fourth-order valence-corrected chi connectivity index (χ4v) is 16.8. The van der Waals surface area contributed by atoms with Crippen LogP contribution in [0.25, 0.3) is 0 Å². The van der Waals surface area contributed by atoms with Gasteiger partial charge in [-0.2, -0.15) is 0 Å². The number of benzene rings is 2. The fourth-order valence-electron chi connectivity index (χ4n) is 6.69. The molecule has 204 valence electrons. The van der Waals surface area contributed by atoms with Gasteiger partial charge < -0.3 is 13.6 Å². The Kier molecular flexibility index (Phi) is 10.1. The van der Waals surface area contributed by atoms with Crippen LogP contribution in [0.2, 0.25) is 21.7 Å². The first kappa shape index (κ1) is 29.9. The van der Waals surface area contributed by atoms with Gasteiger partial charge in [-0.25, -0.2) is 0 Å². The van der Waals surface area contributed by atoms with Gasteiger partial charge in [0.05, 0.1) is 12.4 Å². The van der Waals surface area contributed by atoms with E-state index in [1.165, 1.54) is 10.4 Å². The van der Waals surface area contributed by atoms with E-state index >= 15 is 0 Å². The maximum absolute atomic E-state index is 7.12. The zero-order chi connectivity index (χ0) is 27.3. The van der Waals surface area contributed by atoms with Gasteiger partial charge in [0.2, 0.25) is 8.32 Å². The molecule has 0 fully saturated rings.